The minimum Gasteiger partial charge on any atom is -0.487 e. The maximum atomic E-state index is 13.2. The smallest absolute Gasteiger partial charge is 0.256 e. The van der Waals surface area contributed by atoms with Gasteiger partial charge in [-0.15, -0.1) is 0 Å². The lowest BCUT2D eigenvalue weighted by molar-refractivity contribution is 0.0725. The topological polar surface area (TPSA) is 65.6 Å². The lowest BCUT2D eigenvalue weighted by Crippen LogP contribution is -2.39. The molecule has 0 spiro atoms. The van der Waals surface area contributed by atoms with Crippen LogP contribution < -0.4 is 10.3 Å². The third-order valence-corrected chi connectivity index (χ3v) is 6.20. The average molecular weight is 416 g/mol. The summed E-state index contributed by atoms with van der Waals surface area (Å²) in [4.78, 5) is 32.4. The molecule has 3 heterocycles. The summed E-state index contributed by atoms with van der Waals surface area (Å²) < 4.78 is 6.10. The van der Waals surface area contributed by atoms with Gasteiger partial charge in [0.25, 0.3) is 11.5 Å². The number of halogens is 1. The van der Waals surface area contributed by atoms with E-state index in [4.69, 9.17) is 16.3 Å². The molecule has 0 saturated carbocycles. The summed E-state index contributed by atoms with van der Waals surface area (Å²) in [6.45, 7) is 6.42. The van der Waals surface area contributed by atoms with E-state index in [2.05, 4.69) is 16.9 Å². The number of H-pyrrole nitrogens is 1. The van der Waals surface area contributed by atoms with E-state index in [1.807, 2.05) is 32.0 Å². The van der Waals surface area contributed by atoms with E-state index < -0.39 is 0 Å². The molecule has 1 amide bonds. The molecule has 1 unspecified atom stereocenters. The van der Waals surface area contributed by atoms with Crippen LogP contribution in [0.25, 0.3) is 0 Å². The van der Waals surface area contributed by atoms with Gasteiger partial charge < -0.3 is 19.5 Å². The van der Waals surface area contributed by atoms with E-state index >= 15 is 0 Å². The highest BCUT2D eigenvalue weighted by molar-refractivity contribution is 6.35. The van der Waals surface area contributed by atoms with E-state index in [1.54, 1.807) is 4.90 Å². The molecule has 0 bridgehead atoms. The highest BCUT2D eigenvalue weighted by Crippen LogP contribution is 2.35. The molecule has 7 heteroatoms. The number of rotatable bonds is 4. The Labute approximate surface area is 175 Å². The Morgan fingerprint density at radius 1 is 1.24 bits per heavy atom. The number of aromatic nitrogens is 1. The Hall–Kier alpha value is -2.31. The van der Waals surface area contributed by atoms with Crippen LogP contribution in [-0.2, 0) is 13.0 Å². The third-order valence-electron chi connectivity index (χ3n) is 5.83. The lowest BCUT2D eigenvalue weighted by atomic mass is 9.97. The van der Waals surface area contributed by atoms with Crippen LogP contribution in [0.15, 0.2) is 23.0 Å². The molecule has 2 aromatic rings. The second-order valence-corrected chi connectivity index (χ2v) is 8.50. The number of benzene rings is 1. The first-order valence-electron chi connectivity index (χ1n) is 9.98. The Morgan fingerprint density at radius 3 is 2.72 bits per heavy atom. The maximum Gasteiger partial charge on any atom is 0.256 e. The molecule has 2 aliphatic heterocycles. The van der Waals surface area contributed by atoms with Crippen molar-refractivity contribution in [2.45, 2.75) is 39.3 Å². The minimum absolute atomic E-state index is 0.0825. The molecule has 0 radical (unpaired) electrons. The predicted molar refractivity (Wildman–Crippen MR) is 113 cm³/mol. The number of pyridine rings is 1. The molecule has 1 atom stereocenters. The van der Waals surface area contributed by atoms with Crippen LogP contribution in [0.3, 0.4) is 0 Å². The number of ether oxygens (including phenoxy) is 1. The predicted octanol–water partition coefficient (Wildman–Crippen LogP) is 2.93. The zero-order valence-electron chi connectivity index (χ0n) is 17.0. The number of hydrogen-bond acceptors (Lipinski definition) is 4. The number of likely N-dealkylation sites (tertiary alicyclic amines) is 1. The van der Waals surface area contributed by atoms with Gasteiger partial charge >= 0.3 is 0 Å². The molecule has 154 valence electrons. The number of nitrogens with zero attached hydrogens (tertiary/aromatic N) is 2. The van der Waals surface area contributed by atoms with Gasteiger partial charge in [0.05, 0.1) is 17.1 Å². The van der Waals surface area contributed by atoms with E-state index in [0.29, 0.717) is 34.9 Å². The number of aryl methyl sites for hydroxylation is 2. The first kappa shape index (κ1) is 20.0. The summed E-state index contributed by atoms with van der Waals surface area (Å²) in [5, 5.41) is 0.376. The molecule has 6 nitrogen and oxygen atoms in total. The lowest BCUT2D eigenvalue weighted by Gasteiger charge is -2.30. The maximum absolute atomic E-state index is 13.2. The molecular formula is C22H26ClN3O3. The van der Waals surface area contributed by atoms with Gasteiger partial charge in [-0.25, -0.2) is 0 Å². The van der Waals surface area contributed by atoms with E-state index in [9.17, 15) is 9.59 Å². The van der Waals surface area contributed by atoms with Crippen LogP contribution in [0.5, 0.6) is 5.75 Å². The van der Waals surface area contributed by atoms with Gasteiger partial charge in [-0.3, -0.25) is 9.59 Å². The van der Waals surface area contributed by atoms with Crippen molar-refractivity contribution in [3.63, 3.8) is 0 Å². The Balaban J connectivity index is 1.60. The van der Waals surface area contributed by atoms with E-state index in [1.165, 1.54) is 0 Å². The molecule has 1 aromatic heterocycles. The second-order valence-electron chi connectivity index (χ2n) is 8.12. The van der Waals surface area contributed by atoms with Crippen LogP contribution >= 0.6 is 11.6 Å². The quantitative estimate of drug-likeness (QED) is 0.833. The number of fused-ring (bicyclic) bond motifs is 1. The van der Waals surface area contributed by atoms with E-state index in [0.717, 1.165) is 36.3 Å². The van der Waals surface area contributed by atoms with Crippen LogP contribution in [0.1, 0.15) is 39.2 Å². The van der Waals surface area contributed by atoms with Crippen LogP contribution in [0.2, 0.25) is 5.02 Å². The van der Waals surface area contributed by atoms with Crippen molar-refractivity contribution in [1.82, 2.24) is 14.8 Å². The van der Waals surface area contributed by atoms with Gasteiger partial charge in [0, 0.05) is 30.9 Å². The van der Waals surface area contributed by atoms with Crippen LogP contribution in [0.4, 0.5) is 0 Å². The molecular weight excluding hydrogens is 390 g/mol. The molecule has 2 aliphatic rings. The SMILES string of the molecule is Cc1cc(C)c(CN2CCc3ccc(OC4CCN(C)C4)c(Cl)c3C2=O)c(=O)[nH]1. The number of hydrogen-bond donors (Lipinski definition) is 1. The monoisotopic (exact) mass is 415 g/mol. The molecule has 0 aliphatic carbocycles. The summed E-state index contributed by atoms with van der Waals surface area (Å²) in [7, 11) is 2.06. The molecule has 29 heavy (non-hydrogen) atoms. The summed E-state index contributed by atoms with van der Waals surface area (Å²) in [6.07, 6.45) is 1.73. The first-order chi connectivity index (χ1) is 13.8. The van der Waals surface area contributed by atoms with Crippen molar-refractivity contribution in [2.75, 3.05) is 26.7 Å². The number of aromatic amines is 1. The highest BCUT2D eigenvalue weighted by atomic mass is 35.5. The molecule has 1 N–H and O–H groups in total. The summed E-state index contributed by atoms with van der Waals surface area (Å²) in [5.41, 5.74) is 3.61. The second kappa shape index (κ2) is 7.84. The van der Waals surface area contributed by atoms with Gasteiger partial charge in [-0.1, -0.05) is 17.7 Å². The Kier molecular flexibility index (Phi) is 5.40. The van der Waals surface area contributed by atoms with Crippen molar-refractivity contribution < 1.29 is 9.53 Å². The number of carbonyl (C=O) groups excluding carboxylic acids is 1. The molecule has 1 fully saturated rings. The third kappa shape index (κ3) is 3.91. The molecule has 1 aromatic carbocycles. The van der Waals surface area contributed by atoms with Crippen molar-refractivity contribution >= 4 is 17.5 Å². The Morgan fingerprint density at radius 2 is 2.03 bits per heavy atom. The van der Waals surface area contributed by atoms with Gasteiger partial charge in [0.2, 0.25) is 0 Å². The standard InChI is InChI=1S/C22H26ClN3O3/c1-13-10-14(2)24-21(27)17(13)12-26-9-6-15-4-5-18(20(23)19(15)22(26)28)29-16-7-8-25(3)11-16/h4-5,10,16H,6-9,11-12H2,1-3H3,(H,24,27). The van der Waals surface area contributed by atoms with Crippen LogP contribution in [-0.4, -0.2) is 53.5 Å². The normalized spacial score (nSPS) is 19.5. The average Bonchev–Trinajstić information content (AvgIpc) is 3.06. The summed E-state index contributed by atoms with van der Waals surface area (Å²) >= 11 is 6.63. The number of nitrogens with one attached hydrogen (secondary N) is 1. The van der Waals surface area contributed by atoms with Crippen molar-refractivity contribution in [3.8, 4) is 5.75 Å². The zero-order valence-corrected chi connectivity index (χ0v) is 17.8. The van der Waals surface area contributed by atoms with Gasteiger partial charge in [-0.05, 0) is 57.0 Å². The highest BCUT2D eigenvalue weighted by Gasteiger charge is 2.30. The fraction of sp³-hybridized carbons (Fsp3) is 0.455. The molecule has 1 saturated heterocycles. The summed E-state index contributed by atoms with van der Waals surface area (Å²) in [5.74, 6) is 0.412. The first-order valence-corrected chi connectivity index (χ1v) is 10.4. The van der Waals surface area contributed by atoms with Crippen molar-refractivity contribution in [1.29, 1.82) is 0 Å². The van der Waals surface area contributed by atoms with Crippen molar-refractivity contribution in [3.05, 3.63) is 61.5 Å². The minimum atomic E-state index is -0.149. The largest absolute Gasteiger partial charge is 0.487 e. The van der Waals surface area contributed by atoms with Gasteiger partial charge in [0.1, 0.15) is 11.9 Å². The summed E-state index contributed by atoms with van der Waals surface area (Å²) in [6, 6.07) is 5.74. The fourth-order valence-corrected chi connectivity index (χ4v) is 4.54. The van der Waals surface area contributed by atoms with Gasteiger partial charge in [-0.2, -0.15) is 0 Å². The molecule has 4 rings (SSSR count). The fourth-order valence-electron chi connectivity index (χ4n) is 4.23. The number of amides is 1. The van der Waals surface area contributed by atoms with Crippen LogP contribution in [0, 0.1) is 13.8 Å². The van der Waals surface area contributed by atoms with E-state index in [-0.39, 0.29) is 24.1 Å². The zero-order chi connectivity index (χ0) is 20.7. The Bertz CT molecular complexity index is 1020. The number of likely N-dealkylation sites (N-methyl/N-ethyl adjacent to an activating group) is 1. The van der Waals surface area contributed by atoms with Gasteiger partial charge in [0.15, 0.2) is 0 Å². The van der Waals surface area contributed by atoms with Crippen molar-refractivity contribution in [2.24, 2.45) is 0 Å². The number of carbonyl (C=O) groups is 1.